The molecular weight excluding hydrogens is 371 g/mol. The van der Waals surface area contributed by atoms with Gasteiger partial charge in [0.2, 0.25) is 0 Å². The topological polar surface area (TPSA) is 66.6 Å². The summed E-state index contributed by atoms with van der Waals surface area (Å²) < 4.78 is 0.871. The van der Waals surface area contributed by atoms with Crippen LogP contribution in [-0.2, 0) is 0 Å². The third kappa shape index (κ3) is 3.60. The van der Waals surface area contributed by atoms with Crippen molar-refractivity contribution in [3.63, 3.8) is 0 Å². The van der Waals surface area contributed by atoms with E-state index in [1.54, 1.807) is 12.1 Å². The van der Waals surface area contributed by atoms with E-state index in [-0.39, 0.29) is 17.2 Å². The number of aliphatic hydroxyl groups is 1. The zero-order chi connectivity index (χ0) is 14.5. The zero-order valence-electron chi connectivity index (χ0n) is 11.3. The lowest BCUT2D eigenvalue weighted by molar-refractivity contribution is -0.384. The summed E-state index contributed by atoms with van der Waals surface area (Å²) in [6.07, 6.45) is 5.98. The lowest BCUT2D eigenvalue weighted by Gasteiger charge is -2.36. The molecule has 0 saturated heterocycles. The van der Waals surface area contributed by atoms with E-state index in [4.69, 9.17) is 0 Å². The Morgan fingerprint density at radius 2 is 2.05 bits per heavy atom. The van der Waals surface area contributed by atoms with Crippen molar-refractivity contribution in [1.82, 2.24) is 0 Å². The van der Waals surface area contributed by atoms with Gasteiger partial charge >= 0.3 is 0 Å². The minimum Gasteiger partial charge on any atom is -0.395 e. The predicted octanol–water partition coefficient (Wildman–Crippen LogP) is 3.33. The number of nitrogens with zero attached hydrogens (tertiary/aromatic N) is 2. The first-order valence-electron chi connectivity index (χ1n) is 6.95. The Kier molecular flexibility index (Phi) is 5.59. The molecule has 0 amide bonds. The third-order valence-corrected chi connectivity index (χ3v) is 4.67. The first-order valence-corrected chi connectivity index (χ1v) is 8.03. The van der Waals surface area contributed by atoms with Crippen LogP contribution in [0.2, 0.25) is 0 Å². The monoisotopic (exact) mass is 390 g/mol. The van der Waals surface area contributed by atoms with Gasteiger partial charge in [-0.3, -0.25) is 10.1 Å². The molecule has 1 saturated carbocycles. The molecule has 0 aromatic heterocycles. The molecule has 0 atom stereocenters. The summed E-state index contributed by atoms with van der Waals surface area (Å²) in [5, 5.41) is 20.1. The number of benzene rings is 1. The summed E-state index contributed by atoms with van der Waals surface area (Å²) in [7, 11) is 0. The molecule has 1 fully saturated rings. The molecule has 1 N–H and O–H groups in total. The first kappa shape index (κ1) is 15.5. The number of aliphatic hydroxyl groups excluding tert-OH is 1. The fourth-order valence-corrected chi connectivity index (χ4v) is 3.65. The van der Waals surface area contributed by atoms with Crippen molar-refractivity contribution < 1.29 is 10.0 Å². The van der Waals surface area contributed by atoms with E-state index in [1.807, 2.05) is 6.07 Å². The molecule has 5 nitrogen and oxygen atoms in total. The molecule has 6 heteroatoms. The normalized spacial score (nSPS) is 16.1. The summed E-state index contributed by atoms with van der Waals surface area (Å²) in [6, 6.07) is 5.39. The molecule has 1 aromatic carbocycles. The number of rotatable bonds is 5. The minimum atomic E-state index is -0.372. The Morgan fingerprint density at radius 1 is 1.35 bits per heavy atom. The van der Waals surface area contributed by atoms with E-state index in [9.17, 15) is 15.2 Å². The Bertz CT molecular complexity index is 475. The van der Waals surface area contributed by atoms with Crippen molar-refractivity contribution in [2.75, 3.05) is 18.1 Å². The van der Waals surface area contributed by atoms with Crippen molar-refractivity contribution in [3.05, 3.63) is 31.9 Å². The Balaban J connectivity index is 2.26. The van der Waals surface area contributed by atoms with Crippen LogP contribution in [0.1, 0.15) is 32.1 Å². The van der Waals surface area contributed by atoms with Crippen LogP contribution in [0.15, 0.2) is 18.2 Å². The molecule has 20 heavy (non-hydrogen) atoms. The van der Waals surface area contributed by atoms with Gasteiger partial charge in [0.25, 0.3) is 5.69 Å². The summed E-state index contributed by atoms with van der Waals surface area (Å²) in [4.78, 5) is 12.7. The Hall–Kier alpha value is -0.890. The summed E-state index contributed by atoms with van der Waals surface area (Å²) in [5.41, 5.74) is 1.11. The van der Waals surface area contributed by atoms with Gasteiger partial charge in [0.1, 0.15) is 0 Å². The van der Waals surface area contributed by atoms with E-state index >= 15 is 0 Å². The molecule has 0 radical (unpaired) electrons. The molecule has 0 spiro atoms. The molecule has 1 aromatic rings. The second-order valence-corrected chi connectivity index (χ2v) is 6.26. The number of nitro groups is 1. The number of hydrogen-bond donors (Lipinski definition) is 1. The van der Waals surface area contributed by atoms with E-state index in [1.165, 1.54) is 19.3 Å². The van der Waals surface area contributed by atoms with Gasteiger partial charge in [-0.25, -0.2) is 0 Å². The van der Waals surface area contributed by atoms with Gasteiger partial charge in [-0.15, -0.1) is 0 Å². The fraction of sp³-hybridized carbons (Fsp3) is 0.571. The standard InChI is InChI=1S/C14H19IN2O3/c15-13-10-12(17(19)20)6-7-14(13)16(8-9-18)11-4-2-1-3-5-11/h6-7,10-11,18H,1-5,8-9H2. The van der Waals surface area contributed by atoms with Crippen LogP contribution in [0.4, 0.5) is 11.4 Å². The van der Waals surface area contributed by atoms with Gasteiger partial charge in [0.05, 0.1) is 17.2 Å². The Morgan fingerprint density at radius 3 is 2.60 bits per heavy atom. The van der Waals surface area contributed by atoms with Crippen LogP contribution in [0, 0.1) is 13.7 Å². The smallest absolute Gasteiger partial charge is 0.270 e. The number of nitro benzene ring substituents is 1. The average Bonchev–Trinajstić information content (AvgIpc) is 2.46. The van der Waals surface area contributed by atoms with Crippen molar-refractivity contribution in [2.45, 2.75) is 38.1 Å². The van der Waals surface area contributed by atoms with Crippen molar-refractivity contribution in [2.24, 2.45) is 0 Å². The average molecular weight is 390 g/mol. The molecule has 0 bridgehead atoms. The van der Waals surface area contributed by atoms with Gasteiger partial charge in [0.15, 0.2) is 0 Å². The largest absolute Gasteiger partial charge is 0.395 e. The van der Waals surface area contributed by atoms with Crippen LogP contribution in [-0.4, -0.2) is 29.2 Å². The number of halogens is 1. The third-order valence-electron chi connectivity index (χ3n) is 3.81. The fourth-order valence-electron chi connectivity index (χ4n) is 2.84. The Labute approximate surface area is 132 Å². The van der Waals surface area contributed by atoms with Gasteiger partial charge < -0.3 is 10.0 Å². The van der Waals surface area contributed by atoms with Gasteiger partial charge in [0, 0.05) is 28.3 Å². The molecular formula is C14H19IN2O3. The van der Waals surface area contributed by atoms with Crippen LogP contribution in [0.25, 0.3) is 0 Å². The maximum absolute atomic E-state index is 10.8. The zero-order valence-corrected chi connectivity index (χ0v) is 13.5. The highest BCUT2D eigenvalue weighted by atomic mass is 127. The second-order valence-electron chi connectivity index (χ2n) is 5.10. The van der Waals surface area contributed by atoms with Crippen molar-refractivity contribution in [3.8, 4) is 0 Å². The van der Waals surface area contributed by atoms with Crippen LogP contribution in [0.5, 0.6) is 0 Å². The molecule has 0 heterocycles. The van der Waals surface area contributed by atoms with Crippen LogP contribution in [0.3, 0.4) is 0 Å². The molecule has 0 aliphatic heterocycles. The molecule has 0 unspecified atom stereocenters. The highest BCUT2D eigenvalue weighted by Crippen LogP contribution is 2.32. The van der Waals surface area contributed by atoms with Gasteiger partial charge in [-0.2, -0.15) is 0 Å². The van der Waals surface area contributed by atoms with Gasteiger partial charge in [-0.05, 0) is 41.5 Å². The lowest BCUT2D eigenvalue weighted by atomic mass is 9.93. The first-order chi connectivity index (χ1) is 9.63. The summed E-state index contributed by atoms with van der Waals surface area (Å²) in [6.45, 7) is 0.683. The molecule has 2 rings (SSSR count). The SMILES string of the molecule is O=[N+]([O-])c1ccc(N(CCO)C2CCCCC2)c(I)c1. The van der Waals surface area contributed by atoms with Crippen LogP contribution >= 0.6 is 22.6 Å². The van der Waals surface area contributed by atoms with E-state index in [2.05, 4.69) is 27.5 Å². The minimum absolute atomic E-state index is 0.101. The van der Waals surface area contributed by atoms with Crippen molar-refractivity contribution in [1.29, 1.82) is 0 Å². The van der Waals surface area contributed by atoms with E-state index in [0.29, 0.717) is 12.6 Å². The molecule has 1 aliphatic rings. The quantitative estimate of drug-likeness (QED) is 0.476. The number of anilines is 1. The maximum Gasteiger partial charge on any atom is 0.270 e. The summed E-state index contributed by atoms with van der Waals surface area (Å²) >= 11 is 2.14. The summed E-state index contributed by atoms with van der Waals surface area (Å²) in [5.74, 6) is 0. The van der Waals surface area contributed by atoms with Crippen molar-refractivity contribution >= 4 is 34.0 Å². The second kappa shape index (κ2) is 7.21. The number of hydrogen-bond acceptors (Lipinski definition) is 4. The van der Waals surface area contributed by atoms with E-state index < -0.39 is 0 Å². The number of non-ortho nitro benzene ring substituents is 1. The maximum atomic E-state index is 10.8. The molecule has 110 valence electrons. The molecule has 1 aliphatic carbocycles. The highest BCUT2D eigenvalue weighted by molar-refractivity contribution is 14.1. The highest BCUT2D eigenvalue weighted by Gasteiger charge is 2.23. The van der Waals surface area contributed by atoms with Gasteiger partial charge in [-0.1, -0.05) is 19.3 Å². The van der Waals surface area contributed by atoms with Crippen LogP contribution < -0.4 is 4.90 Å². The lowest BCUT2D eigenvalue weighted by Crippen LogP contribution is -2.39. The predicted molar refractivity (Wildman–Crippen MR) is 87.1 cm³/mol. The van der Waals surface area contributed by atoms with E-state index in [0.717, 1.165) is 22.1 Å².